The molecule has 2 aromatic carbocycles. The van der Waals surface area contributed by atoms with Gasteiger partial charge in [0.25, 0.3) is 0 Å². The molecule has 1 aromatic heterocycles. The van der Waals surface area contributed by atoms with E-state index in [1.165, 1.54) is 5.56 Å². The Balaban J connectivity index is 1.80. The summed E-state index contributed by atoms with van der Waals surface area (Å²) in [5.41, 5.74) is 2.72. The number of oxazole rings is 1. The normalized spacial score (nSPS) is 10.8. The molecule has 0 aliphatic carbocycles. The molecule has 3 aromatic rings. The van der Waals surface area contributed by atoms with Crippen molar-refractivity contribution < 1.29 is 9.15 Å². The fraction of sp³-hybridized carbons (Fsp3) is 0.133. The first-order chi connectivity index (χ1) is 9.35. The van der Waals surface area contributed by atoms with Gasteiger partial charge in [0.1, 0.15) is 11.3 Å². The Morgan fingerprint density at radius 1 is 1.11 bits per heavy atom. The molecular formula is C15H14N2O2. The van der Waals surface area contributed by atoms with Crippen LogP contribution in [0.15, 0.2) is 52.9 Å². The zero-order valence-corrected chi connectivity index (χ0v) is 10.6. The zero-order chi connectivity index (χ0) is 13.1. The number of fused-ring (bicyclic) bond motifs is 1. The summed E-state index contributed by atoms with van der Waals surface area (Å²) in [4.78, 5) is 4.27. The predicted molar refractivity (Wildman–Crippen MR) is 73.3 cm³/mol. The highest BCUT2D eigenvalue weighted by Gasteiger charge is 2.06. The van der Waals surface area contributed by atoms with Gasteiger partial charge in [0.05, 0.1) is 0 Å². The second kappa shape index (κ2) is 5.12. The van der Waals surface area contributed by atoms with Gasteiger partial charge < -0.3 is 14.5 Å². The maximum absolute atomic E-state index is 5.60. The summed E-state index contributed by atoms with van der Waals surface area (Å²) >= 11 is 0. The summed E-state index contributed by atoms with van der Waals surface area (Å²) in [6.07, 6.45) is 0.266. The van der Waals surface area contributed by atoms with Gasteiger partial charge in [-0.25, -0.2) is 0 Å². The molecule has 1 N–H and O–H groups in total. The highest BCUT2D eigenvalue weighted by Crippen LogP contribution is 2.25. The number of hydrogen-bond donors (Lipinski definition) is 1. The van der Waals surface area contributed by atoms with Crippen LogP contribution in [0.4, 0.5) is 0 Å². The molecule has 0 saturated carbocycles. The number of nitrogens with zero attached hydrogens (tertiary/aromatic N) is 1. The maximum atomic E-state index is 5.60. The Kier molecular flexibility index (Phi) is 3.16. The number of hydrogen-bond acceptors (Lipinski definition) is 4. The van der Waals surface area contributed by atoms with E-state index >= 15 is 0 Å². The number of rotatable bonds is 4. The van der Waals surface area contributed by atoms with Gasteiger partial charge in [0.15, 0.2) is 5.58 Å². The molecule has 0 fully saturated rings. The van der Waals surface area contributed by atoms with E-state index in [4.69, 9.17) is 9.15 Å². The van der Waals surface area contributed by atoms with Crippen LogP contribution in [0.5, 0.6) is 11.8 Å². The smallest absolute Gasteiger partial charge is 0.400 e. The molecule has 0 aliphatic heterocycles. The molecule has 0 spiro atoms. The molecule has 0 amide bonds. The summed E-state index contributed by atoms with van der Waals surface area (Å²) in [6.45, 7) is 0.836. The lowest BCUT2D eigenvalue weighted by Crippen LogP contribution is -2.04. The summed E-state index contributed by atoms with van der Waals surface area (Å²) in [5.74, 6) is 0.714. The van der Waals surface area contributed by atoms with Gasteiger partial charge in [-0.1, -0.05) is 24.3 Å². The van der Waals surface area contributed by atoms with Crippen molar-refractivity contribution >= 4 is 11.1 Å². The molecule has 3 rings (SSSR count). The van der Waals surface area contributed by atoms with Crippen LogP contribution in [0.2, 0.25) is 0 Å². The minimum atomic E-state index is 0.266. The molecule has 0 aliphatic rings. The maximum Gasteiger partial charge on any atom is 0.400 e. The quantitative estimate of drug-likeness (QED) is 0.775. The highest BCUT2D eigenvalue weighted by molar-refractivity contribution is 5.72. The van der Waals surface area contributed by atoms with Gasteiger partial charge in [-0.2, -0.15) is 4.98 Å². The first kappa shape index (κ1) is 11.7. The standard InChI is InChI=1S/C15H14N2O2/c1-16-10-11-6-8-12(9-7-11)18-15-17-13-4-2-3-5-14(13)19-15/h2-9,16H,10H2,1H3. The van der Waals surface area contributed by atoms with E-state index in [1.54, 1.807) is 0 Å². The van der Waals surface area contributed by atoms with E-state index in [9.17, 15) is 0 Å². The predicted octanol–water partition coefficient (Wildman–Crippen LogP) is 3.34. The van der Waals surface area contributed by atoms with E-state index < -0.39 is 0 Å². The van der Waals surface area contributed by atoms with Gasteiger partial charge in [-0.3, -0.25) is 0 Å². The average Bonchev–Trinajstić information content (AvgIpc) is 2.83. The number of benzene rings is 2. The van der Waals surface area contributed by atoms with Crippen molar-refractivity contribution in [1.29, 1.82) is 0 Å². The Labute approximate surface area is 111 Å². The third kappa shape index (κ3) is 2.58. The van der Waals surface area contributed by atoms with Crippen molar-refractivity contribution in [1.82, 2.24) is 10.3 Å². The Hall–Kier alpha value is -2.33. The molecule has 0 unspecified atom stereocenters. The van der Waals surface area contributed by atoms with E-state index in [-0.39, 0.29) is 6.08 Å². The Morgan fingerprint density at radius 3 is 2.63 bits per heavy atom. The summed E-state index contributed by atoms with van der Waals surface area (Å²) in [6, 6.07) is 15.4. The van der Waals surface area contributed by atoms with Gasteiger partial charge in [-0.15, -0.1) is 0 Å². The molecular weight excluding hydrogens is 240 g/mol. The van der Waals surface area contributed by atoms with E-state index in [0.29, 0.717) is 5.75 Å². The molecule has 0 radical (unpaired) electrons. The van der Waals surface area contributed by atoms with E-state index in [0.717, 1.165) is 17.6 Å². The molecule has 0 saturated heterocycles. The monoisotopic (exact) mass is 254 g/mol. The molecule has 0 atom stereocenters. The largest absolute Gasteiger partial charge is 0.411 e. The van der Waals surface area contributed by atoms with Gasteiger partial charge in [0, 0.05) is 6.54 Å². The van der Waals surface area contributed by atoms with Crippen LogP contribution in [0.25, 0.3) is 11.1 Å². The van der Waals surface area contributed by atoms with Crippen molar-refractivity contribution in [3.8, 4) is 11.8 Å². The molecule has 4 heteroatoms. The van der Waals surface area contributed by atoms with Crippen molar-refractivity contribution in [2.45, 2.75) is 6.54 Å². The third-order valence-electron chi connectivity index (χ3n) is 2.78. The summed E-state index contributed by atoms with van der Waals surface area (Å²) in [7, 11) is 1.92. The Bertz CT molecular complexity index is 641. The van der Waals surface area contributed by atoms with Crippen molar-refractivity contribution in [2.24, 2.45) is 0 Å². The second-order valence-corrected chi connectivity index (χ2v) is 4.22. The average molecular weight is 254 g/mol. The lowest BCUT2D eigenvalue weighted by Gasteiger charge is -2.02. The van der Waals surface area contributed by atoms with Gasteiger partial charge in [0.2, 0.25) is 0 Å². The number of nitrogens with one attached hydrogen (secondary N) is 1. The van der Waals surface area contributed by atoms with E-state index in [2.05, 4.69) is 10.3 Å². The molecule has 0 bridgehead atoms. The highest BCUT2D eigenvalue weighted by atomic mass is 16.6. The first-order valence-electron chi connectivity index (χ1n) is 6.12. The summed E-state index contributed by atoms with van der Waals surface area (Å²) < 4.78 is 11.1. The van der Waals surface area contributed by atoms with Crippen LogP contribution >= 0.6 is 0 Å². The zero-order valence-electron chi connectivity index (χ0n) is 10.6. The number of para-hydroxylation sites is 2. The van der Waals surface area contributed by atoms with Crippen LogP contribution in [0, 0.1) is 0 Å². The summed E-state index contributed by atoms with van der Waals surface area (Å²) in [5, 5.41) is 3.10. The van der Waals surface area contributed by atoms with Crippen molar-refractivity contribution in [3.63, 3.8) is 0 Å². The second-order valence-electron chi connectivity index (χ2n) is 4.22. The van der Waals surface area contributed by atoms with E-state index in [1.807, 2.05) is 55.6 Å². The number of aromatic nitrogens is 1. The van der Waals surface area contributed by atoms with Crippen LogP contribution in [-0.2, 0) is 6.54 Å². The van der Waals surface area contributed by atoms with Crippen molar-refractivity contribution in [2.75, 3.05) is 7.05 Å². The van der Waals surface area contributed by atoms with Crippen LogP contribution in [0.3, 0.4) is 0 Å². The molecule has 19 heavy (non-hydrogen) atoms. The van der Waals surface area contributed by atoms with Crippen LogP contribution in [0.1, 0.15) is 5.56 Å². The third-order valence-corrected chi connectivity index (χ3v) is 2.78. The SMILES string of the molecule is CNCc1ccc(Oc2nc3ccccc3o2)cc1. The minimum absolute atomic E-state index is 0.266. The topological polar surface area (TPSA) is 47.3 Å². The number of ether oxygens (including phenoxy) is 1. The van der Waals surface area contributed by atoms with Gasteiger partial charge >= 0.3 is 6.08 Å². The lowest BCUT2D eigenvalue weighted by atomic mass is 10.2. The first-order valence-corrected chi connectivity index (χ1v) is 6.12. The van der Waals surface area contributed by atoms with Crippen molar-refractivity contribution in [3.05, 3.63) is 54.1 Å². The lowest BCUT2D eigenvalue weighted by molar-refractivity contribution is 0.343. The minimum Gasteiger partial charge on any atom is -0.411 e. The van der Waals surface area contributed by atoms with Crippen LogP contribution < -0.4 is 10.1 Å². The molecule has 4 nitrogen and oxygen atoms in total. The fourth-order valence-corrected chi connectivity index (χ4v) is 1.88. The van der Waals surface area contributed by atoms with Crippen LogP contribution in [-0.4, -0.2) is 12.0 Å². The Morgan fingerprint density at radius 2 is 1.89 bits per heavy atom. The molecule has 96 valence electrons. The van der Waals surface area contributed by atoms with Gasteiger partial charge in [-0.05, 0) is 36.9 Å². The fourth-order valence-electron chi connectivity index (χ4n) is 1.88. The molecule has 1 heterocycles.